The predicted molar refractivity (Wildman–Crippen MR) is 74.9 cm³/mol. The van der Waals surface area contributed by atoms with E-state index in [1.54, 1.807) is 4.68 Å². The van der Waals surface area contributed by atoms with Crippen LogP contribution in [0.1, 0.15) is 46.9 Å². The normalized spacial score (nSPS) is 14.9. The van der Waals surface area contributed by atoms with E-state index in [1.807, 2.05) is 34.6 Å². The van der Waals surface area contributed by atoms with Gasteiger partial charge >= 0.3 is 5.97 Å². The number of tetrazole rings is 1. The fourth-order valence-electron chi connectivity index (χ4n) is 1.92. The summed E-state index contributed by atoms with van der Waals surface area (Å²) in [6.45, 7) is 10.6. The van der Waals surface area contributed by atoms with Gasteiger partial charge in [0.2, 0.25) is 0 Å². The van der Waals surface area contributed by atoms with Gasteiger partial charge in [-0.2, -0.15) is 0 Å². The molecule has 0 saturated carbocycles. The summed E-state index contributed by atoms with van der Waals surface area (Å²) in [5, 5.41) is 14.9. The number of hydrogen-bond donors (Lipinski definition) is 1. The van der Waals surface area contributed by atoms with E-state index in [9.17, 15) is 4.79 Å². The van der Waals surface area contributed by atoms with Crippen molar-refractivity contribution < 1.29 is 9.53 Å². The van der Waals surface area contributed by atoms with Crippen LogP contribution in [0.4, 0.5) is 0 Å². The Morgan fingerprint density at radius 2 is 2.10 bits per heavy atom. The highest BCUT2D eigenvalue weighted by Crippen LogP contribution is 2.14. The highest BCUT2D eigenvalue weighted by atomic mass is 16.5. The Hall–Kier alpha value is -1.50. The van der Waals surface area contributed by atoms with Crippen LogP contribution in [0, 0.1) is 5.92 Å². The van der Waals surface area contributed by atoms with E-state index in [2.05, 4.69) is 20.8 Å². The maximum atomic E-state index is 11.8. The Balaban J connectivity index is 2.78. The summed E-state index contributed by atoms with van der Waals surface area (Å²) < 4.78 is 6.60. The number of ether oxygens (including phenoxy) is 1. The van der Waals surface area contributed by atoms with E-state index in [4.69, 9.17) is 4.74 Å². The van der Waals surface area contributed by atoms with E-state index in [1.165, 1.54) is 7.11 Å². The third-order valence-electron chi connectivity index (χ3n) is 3.32. The number of methoxy groups -OCH3 is 1. The molecular weight excluding hydrogens is 258 g/mol. The molecule has 0 amide bonds. The summed E-state index contributed by atoms with van der Waals surface area (Å²) in [5.74, 6) is 0.630. The van der Waals surface area contributed by atoms with Crippen LogP contribution < -0.4 is 5.32 Å². The molecule has 1 rings (SSSR count). The van der Waals surface area contributed by atoms with Crippen LogP contribution in [0.5, 0.6) is 0 Å². The first-order valence-corrected chi connectivity index (χ1v) is 6.90. The summed E-state index contributed by atoms with van der Waals surface area (Å²) in [5.41, 5.74) is -0.197. The maximum Gasteiger partial charge on any atom is 0.323 e. The minimum atomic E-state index is -0.352. The molecule has 7 heteroatoms. The van der Waals surface area contributed by atoms with Gasteiger partial charge in [-0.25, -0.2) is 4.68 Å². The molecule has 1 aromatic rings. The first kappa shape index (κ1) is 16.6. The van der Waals surface area contributed by atoms with Crippen molar-refractivity contribution in [3.8, 4) is 0 Å². The number of carbonyl (C=O) groups excluding carboxylic acids is 1. The second-order valence-electron chi connectivity index (χ2n) is 5.95. The number of hydrogen-bond acceptors (Lipinski definition) is 6. The minimum Gasteiger partial charge on any atom is -0.468 e. The zero-order chi connectivity index (χ0) is 15.3. The summed E-state index contributed by atoms with van der Waals surface area (Å²) in [6, 6.07) is -0.352. The van der Waals surface area contributed by atoms with Gasteiger partial charge in [-0.15, -0.1) is 5.10 Å². The monoisotopic (exact) mass is 283 g/mol. The smallest absolute Gasteiger partial charge is 0.323 e. The van der Waals surface area contributed by atoms with Crippen LogP contribution in [0.3, 0.4) is 0 Å². The van der Waals surface area contributed by atoms with E-state index >= 15 is 0 Å². The van der Waals surface area contributed by atoms with Crippen LogP contribution in [0.25, 0.3) is 0 Å². The van der Waals surface area contributed by atoms with Gasteiger partial charge in [0.25, 0.3) is 0 Å². The van der Waals surface area contributed by atoms with Gasteiger partial charge < -0.3 is 4.74 Å². The molecule has 0 fully saturated rings. The Morgan fingerprint density at radius 3 is 2.60 bits per heavy atom. The molecule has 1 heterocycles. The largest absolute Gasteiger partial charge is 0.468 e. The molecular formula is C13H25N5O2. The Labute approximate surface area is 120 Å². The SMILES string of the molecule is CC[C@H](C)[C@H](NCc1nnnn1C(C)(C)C)C(=O)OC. The average Bonchev–Trinajstić information content (AvgIpc) is 2.86. The Bertz CT molecular complexity index is 438. The fraction of sp³-hybridized carbons (Fsp3) is 0.846. The van der Waals surface area contributed by atoms with Crippen LogP contribution >= 0.6 is 0 Å². The zero-order valence-corrected chi connectivity index (χ0v) is 13.2. The van der Waals surface area contributed by atoms with Gasteiger partial charge in [0.15, 0.2) is 5.82 Å². The van der Waals surface area contributed by atoms with E-state index in [0.717, 1.165) is 6.42 Å². The predicted octanol–water partition coefficient (Wildman–Crippen LogP) is 1.11. The maximum absolute atomic E-state index is 11.8. The van der Waals surface area contributed by atoms with Crippen molar-refractivity contribution in [3.63, 3.8) is 0 Å². The fourth-order valence-corrected chi connectivity index (χ4v) is 1.92. The van der Waals surface area contributed by atoms with E-state index < -0.39 is 0 Å². The lowest BCUT2D eigenvalue weighted by molar-refractivity contribution is -0.144. The van der Waals surface area contributed by atoms with Crippen LogP contribution in [0.15, 0.2) is 0 Å². The molecule has 0 aliphatic rings. The second kappa shape index (κ2) is 6.78. The summed E-state index contributed by atoms with van der Waals surface area (Å²) >= 11 is 0. The summed E-state index contributed by atoms with van der Waals surface area (Å²) in [7, 11) is 1.40. The van der Waals surface area contributed by atoms with Crippen molar-refractivity contribution in [2.24, 2.45) is 5.92 Å². The van der Waals surface area contributed by atoms with Crippen LogP contribution in [-0.4, -0.2) is 39.3 Å². The van der Waals surface area contributed by atoms with E-state index in [0.29, 0.717) is 12.4 Å². The molecule has 114 valence electrons. The lowest BCUT2D eigenvalue weighted by atomic mass is 9.99. The van der Waals surface area contributed by atoms with Crippen molar-refractivity contribution in [1.29, 1.82) is 0 Å². The van der Waals surface area contributed by atoms with Gasteiger partial charge in [-0.1, -0.05) is 20.3 Å². The van der Waals surface area contributed by atoms with Gasteiger partial charge in [-0.05, 0) is 37.1 Å². The van der Waals surface area contributed by atoms with Gasteiger partial charge in [-0.3, -0.25) is 10.1 Å². The van der Waals surface area contributed by atoms with E-state index in [-0.39, 0.29) is 23.5 Å². The van der Waals surface area contributed by atoms with Gasteiger partial charge in [0.1, 0.15) is 6.04 Å². The average molecular weight is 283 g/mol. The lowest BCUT2D eigenvalue weighted by Gasteiger charge is -2.23. The number of esters is 1. The number of carbonyl (C=O) groups is 1. The topological polar surface area (TPSA) is 81.9 Å². The molecule has 2 atom stereocenters. The number of nitrogens with zero attached hydrogens (tertiary/aromatic N) is 4. The Morgan fingerprint density at radius 1 is 1.45 bits per heavy atom. The molecule has 0 radical (unpaired) electrons. The van der Waals surface area contributed by atoms with Crippen molar-refractivity contribution >= 4 is 5.97 Å². The first-order valence-electron chi connectivity index (χ1n) is 6.90. The standard InChI is InChI=1S/C13H25N5O2/c1-7-9(2)11(12(19)20-6)14-8-10-15-16-17-18(10)13(3,4)5/h9,11,14H,7-8H2,1-6H3/t9-,11-/m0/s1. The number of nitrogens with one attached hydrogen (secondary N) is 1. The van der Waals surface area contributed by atoms with Gasteiger partial charge in [0.05, 0.1) is 19.2 Å². The molecule has 1 N–H and O–H groups in total. The molecule has 0 aliphatic carbocycles. The molecule has 7 nitrogen and oxygen atoms in total. The van der Waals surface area contributed by atoms with Crippen molar-refractivity contribution in [2.75, 3.05) is 7.11 Å². The summed E-state index contributed by atoms with van der Waals surface area (Å²) in [6.07, 6.45) is 0.886. The third kappa shape index (κ3) is 4.00. The van der Waals surface area contributed by atoms with Crippen molar-refractivity contribution in [1.82, 2.24) is 25.5 Å². The van der Waals surface area contributed by atoms with Gasteiger partial charge in [0, 0.05) is 0 Å². The molecule has 0 saturated heterocycles. The molecule has 0 aliphatic heterocycles. The lowest BCUT2D eigenvalue weighted by Crippen LogP contribution is -2.43. The quantitative estimate of drug-likeness (QED) is 0.787. The van der Waals surface area contributed by atoms with Crippen LogP contribution in [0.2, 0.25) is 0 Å². The van der Waals surface area contributed by atoms with Crippen LogP contribution in [-0.2, 0) is 21.6 Å². The third-order valence-corrected chi connectivity index (χ3v) is 3.32. The number of aromatic nitrogens is 4. The zero-order valence-electron chi connectivity index (χ0n) is 13.2. The highest BCUT2D eigenvalue weighted by Gasteiger charge is 2.26. The molecule has 0 bridgehead atoms. The second-order valence-corrected chi connectivity index (χ2v) is 5.95. The number of rotatable bonds is 6. The first-order chi connectivity index (χ1) is 9.31. The molecule has 1 aromatic heterocycles. The van der Waals surface area contributed by atoms with Crippen molar-refractivity contribution in [2.45, 2.75) is 59.2 Å². The molecule has 20 heavy (non-hydrogen) atoms. The molecule has 0 unspecified atom stereocenters. The summed E-state index contributed by atoms with van der Waals surface area (Å²) in [4.78, 5) is 11.8. The highest BCUT2D eigenvalue weighted by molar-refractivity contribution is 5.75. The van der Waals surface area contributed by atoms with Crippen molar-refractivity contribution in [3.05, 3.63) is 5.82 Å². The molecule has 0 spiro atoms. The molecule has 0 aromatic carbocycles. The minimum absolute atomic E-state index is 0.182. The Kier molecular flexibility index (Phi) is 5.62.